The molecular formula is C22H31NO5S. The molecule has 29 heavy (non-hydrogen) atoms. The Kier molecular flexibility index (Phi) is 7.27. The zero-order valence-electron chi connectivity index (χ0n) is 17.8. The van der Waals surface area contributed by atoms with Crippen molar-refractivity contribution in [3.63, 3.8) is 0 Å². The van der Waals surface area contributed by atoms with Gasteiger partial charge in [0.1, 0.15) is 0 Å². The van der Waals surface area contributed by atoms with Crippen molar-refractivity contribution in [2.75, 3.05) is 19.7 Å². The van der Waals surface area contributed by atoms with Gasteiger partial charge >= 0.3 is 5.97 Å². The molecule has 0 unspecified atom stereocenters. The van der Waals surface area contributed by atoms with E-state index in [1.165, 1.54) is 4.90 Å². The first-order chi connectivity index (χ1) is 13.5. The highest BCUT2D eigenvalue weighted by Crippen LogP contribution is 2.42. The van der Waals surface area contributed by atoms with E-state index in [9.17, 15) is 18.0 Å². The summed E-state index contributed by atoms with van der Waals surface area (Å²) in [5.41, 5.74) is 2.23. The SMILES string of the molecule is C=C(C)CN(CC)C(=O)COC(=O)C1(S(=O)(=O)c2cc(C)ccc2C)CCCC1. The lowest BCUT2D eigenvalue weighted by atomic mass is 10.1. The Morgan fingerprint density at radius 2 is 1.83 bits per heavy atom. The lowest BCUT2D eigenvalue weighted by molar-refractivity contribution is -0.154. The number of sulfone groups is 1. The summed E-state index contributed by atoms with van der Waals surface area (Å²) in [5, 5.41) is 0. The number of nitrogens with zero attached hydrogens (tertiary/aromatic N) is 1. The summed E-state index contributed by atoms with van der Waals surface area (Å²) in [6.07, 6.45) is 1.67. The number of aryl methyl sites for hydroxylation is 2. The van der Waals surface area contributed by atoms with Gasteiger partial charge in [0.15, 0.2) is 21.2 Å². The normalized spacial score (nSPS) is 15.7. The number of carbonyl (C=O) groups excluding carboxylic acids is 2. The maximum Gasteiger partial charge on any atom is 0.328 e. The fourth-order valence-electron chi connectivity index (χ4n) is 3.79. The summed E-state index contributed by atoms with van der Waals surface area (Å²) in [6.45, 7) is 11.3. The van der Waals surface area contributed by atoms with E-state index in [1.807, 2.05) is 26.8 Å². The Bertz CT molecular complexity index is 898. The van der Waals surface area contributed by atoms with Crippen LogP contribution in [0, 0.1) is 13.8 Å². The molecule has 1 fully saturated rings. The molecule has 1 aromatic carbocycles. The molecule has 1 amide bonds. The highest BCUT2D eigenvalue weighted by Gasteiger charge is 2.54. The molecule has 0 atom stereocenters. The molecule has 6 nitrogen and oxygen atoms in total. The number of hydrogen-bond donors (Lipinski definition) is 0. The van der Waals surface area contributed by atoms with E-state index in [4.69, 9.17) is 4.74 Å². The second-order valence-electron chi connectivity index (χ2n) is 7.91. The van der Waals surface area contributed by atoms with E-state index < -0.39 is 27.2 Å². The first-order valence-corrected chi connectivity index (χ1v) is 11.4. The molecule has 1 saturated carbocycles. The zero-order valence-corrected chi connectivity index (χ0v) is 18.6. The van der Waals surface area contributed by atoms with Crippen molar-refractivity contribution >= 4 is 21.7 Å². The van der Waals surface area contributed by atoms with Gasteiger partial charge in [-0.05, 0) is 57.7 Å². The number of likely N-dealkylation sites (N-methyl/N-ethyl adjacent to an activating group) is 1. The molecule has 0 saturated heterocycles. The standard InChI is InChI=1S/C22H31NO5S/c1-6-23(14-16(2)3)20(24)15-28-21(25)22(11-7-8-12-22)29(26,27)19-13-17(4)9-10-18(19)5/h9-10,13H,2,6-8,11-12,14-15H2,1,3-5H3. The van der Waals surface area contributed by atoms with Gasteiger partial charge in [0, 0.05) is 13.1 Å². The van der Waals surface area contributed by atoms with Crippen LogP contribution in [0.3, 0.4) is 0 Å². The molecule has 2 rings (SSSR count). The van der Waals surface area contributed by atoms with Crippen LogP contribution in [-0.4, -0.2) is 49.6 Å². The van der Waals surface area contributed by atoms with Crippen LogP contribution in [-0.2, 0) is 24.2 Å². The van der Waals surface area contributed by atoms with Gasteiger partial charge in [0.2, 0.25) is 0 Å². The lowest BCUT2D eigenvalue weighted by Crippen LogP contribution is -2.47. The molecule has 1 aromatic rings. The number of ether oxygens (including phenoxy) is 1. The third-order valence-corrected chi connectivity index (χ3v) is 8.08. The molecule has 1 aliphatic carbocycles. The quantitative estimate of drug-likeness (QED) is 0.475. The van der Waals surface area contributed by atoms with Crippen molar-refractivity contribution in [1.82, 2.24) is 4.90 Å². The summed E-state index contributed by atoms with van der Waals surface area (Å²) < 4.78 is 30.8. The van der Waals surface area contributed by atoms with E-state index in [2.05, 4.69) is 6.58 Å². The largest absolute Gasteiger partial charge is 0.454 e. The Morgan fingerprint density at radius 3 is 2.38 bits per heavy atom. The van der Waals surface area contributed by atoms with Crippen LogP contribution in [0.2, 0.25) is 0 Å². The predicted molar refractivity (Wildman–Crippen MR) is 112 cm³/mol. The smallest absolute Gasteiger partial charge is 0.328 e. The van der Waals surface area contributed by atoms with E-state index in [0.29, 0.717) is 31.5 Å². The Hall–Kier alpha value is -2.15. The first kappa shape index (κ1) is 23.1. The second kappa shape index (κ2) is 9.11. The summed E-state index contributed by atoms with van der Waals surface area (Å²) in [7, 11) is -3.96. The van der Waals surface area contributed by atoms with Gasteiger partial charge in [0.05, 0.1) is 4.90 Å². The van der Waals surface area contributed by atoms with E-state index in [-0.39, 0.29) is 23.6 Å². The molecule has 7 heteroatoms. The second-order valence-corrected chi connectivity index (χ2v) is 10.1. The van der Waals surface area contributed by atoms with Crippen molar-refractivity contribution in [2.45, 2.75) is 63.0 Å². The van der Waals surface area contributed by atoms with Crippen LogP contribution < -0.4 is 0 Å². The maximum absolute atomic E-state index is 13.5. The van der Waals surface area contributed by atoms with Crippen LogP contribution in [0.4, 0.5) is 0 Å². The highest BCUT2D eigenvalue weighted by molar-refractivity contribution is 7.93. The van der Waals surface area contributed by atoms with Gasteiger partial charge in [-0.1, -0.05) is 37.1 Å². The van der Waals surface area contributed by atoms with E-state index >= 15 is 0 Å². The van der Waals surface area contributed by atoms with Crippen molar-refractivity contribution in [1.29, 1.82) is 0 Å². The summed E-state index contributed by atoms with van der Waals surface area (Å²) in [4.78, 5) is 27.1. The molecule has 160 valence electrons. The average molecular weight is 422 g/mol. The minimum absolute atomic E-state index is 0.167. The first-order valence-electron chi connectivity index (χ1n) is 9.96. The van der Waals surface area contributed by atoms with Crippen molar-refractivity contribution in [3.8, 4) is 0 Å². The van der Waals surface area contributed by atoms with Gasteiger partial charge in [-0.15, -0.1) is 0 Å². The van der Waals surface area contributed by atoms with Crippen LogP contribution in [0.5, 0.6) is 0 Å². The monoisotopic (exact) mass is 421 g/mol. The molecule has 1 aliphatic rings. The maximum atomic E-state index is 13.5. The van der Waals surface area contributed by atoms with Crippen LogP contribution in [0.25, 0.3) is 0 Å². The molecule has 0 spiro atoms. The third-order valence-electron chi connectivity index (χ3n) is 5.45. The van der Waals surface area contributed by atoms with Crippen LogP contribution in [0.1, 0.15) is 50.7 Å². The fourth-order valence-corrected chi connectivity index (χ4v) is 6.15. The summed E-state index contributed by atoms with van der Waals surface area (Å²) in [6, 6.07) is 5.19. The number of hydrogen-bond acceptors (Lipinski definition) is 5. The summed E-state index contributed by atoms with van der Waals surface area (Å²) in [5.74, 6) is -1.18. The Morgan fingerprint density at radius 1 is 1.21 bits per heavy atom. The molecular weight excluding hydrogens is 390 g/mol. The number of carbonyl (C=O) groups is 2. The molecule has 0 aromatic heterocycles. The third kappa shape index (κ3) is 4.71. The molecule has 0 bridgehead atoms. The molecule has 0 heterocycles. The number of benzene rings is 1. The molecule has 0 N–H and O–H groups in total. The van der Waals surface area contributed by atoms with Crippen molar-refractivity contribution in [2.24, 2.45) is 0 Å². The highest BCUT2D eigenvalue weighted by atomic mass is 32.2. The Balaban J connectivity index is 2.28. The fraction of sp³-hybridized carbons (Fsp3) is 0.545. The van der Waals surface area contributed by atoms with Gasteiger partial charge in [0.25, 0.3) is 5.91 Å². The van der Waals surface area contributed by atoms with E-state index in [0.717, 1.165) is 11.1 Å². The average Bonchev–Trinajstić information content (AvgIpc) is 3.17. The lowest BCUT2D eigenvalue weighted by Gasteiger charge is -2.28. The molecule has 0 aliphatic heterocycles. The number of esters is 1. The van der Waals surface area contributed by atoms with Crippen molar-refractivity contribution in [3.05, 3.63) is 41.5 Å². The number of amides is 1. The minimum atomic E-state index is -3.96. The van der Waals surface area contributed by atoms with Gasteiger partial charge < -0.3 is 9.64 Å². The van der Waals surface area contributed by atoms with Crippen LogP contribution >= 0.6 is 0 Å². The molecule has 0 radical (unpaired) electrons. The van der Waals surface area contributed by atoms with Gasteiger partial charge in [-0.25, -0.2) is 8.42 Å². The van der Waals surface area contributed by atoms with Gasteiger partial charge in [-0.3, -0.25) is 9.59 Å². The minimum Gasteiger partial charge on any atom is -0.454 e. The van der Waals surface area contributed by atoms with E-state index in [1.54, 1.807) is 19.1 Å². The predicted octanol–water partition coefficient (Wildman–Crippen LogP) is 3.36. The van der Waals surface area contributed by atoms with Gasteiger partial charge in [-0.2, -0.15) is 0 Å². The topological polar surface area (TPSA) is 80.8 Å². The van der Waals surface area contributed by atoms with Crippen molar-refractivity contribution < 1.29 is 22.7 Å². The summed E-state index contributed by atoms with van der Waals surface area (Å²) >= 11 is 0. The zero-order chi connectivity index (χ0) is 21.8. The Labute approximate surface area is 173 Å². The number of rotatable bonds is 8. The van der Waals surface area contributed by atoms with Crippen LogP contribution in [0.15, 0.2) is 35.2 Å².